The molecule has 0 saturated carbocycles. The number of rotatable bonds is 7. The summed E-state index contributed by atoms with van der Waals surface area (Å²) in [6, 6.07) is 20.5. The van der Waals surface area contributed by atoms with E-state index in [1.54, 1.807) is 0 Å². The molecule has 2 aromatic rings. The molecule has 0 aliphatic carbocycles. The normalized spacial score (nSPS) is 19.1. The molecule has 2 atom stereocenters. The highest BCUT2D eigenvalue weighted by Crippen LogP contribution is 2.39. The highest BCUT2D eigenvalue weighted by atomic mass is 28.4. The Hall–Kier alpha value is -2.44. The molecule has 0 N–H and O–H groups in total. The fourth-order valence-corrected chi connectivity index (χ4v) is 10.0. The van der Waals surface area contributed by atoms with Crippen LogP contribution in [0, 0.1) is 11.8 Å². The number of likely N-dealkylation sites (tertiary alicyclic amines) is 1. The molecule has 196 valence electrons. The fourth-order valence-electron chi connectivity index (χ4n) is 5.43. The van der Waals surface area contributed by atoms with Crippen molar-refractivity contribution < 1.29 is 18.8 Å². The van der Waals surface area contributed by atoms with E-state index in [1.807, 2.05) is 32.9 Å². The third kappa shape index (κ3) is 6.09. The summed E-state index contributed by atoms with van der Waals surface area (Å²) in [5, 5.41) is 2.16. The SMILES string of the molecule is CC(C)C[C@@H]1CC(=O)N(C(=O)OC(C)(C)C)[C@H]1CO[Si](c1ccccc1)(c1ccccc1)C(C)(C)C. The van der Waals surface area contributed by atoms with Crippen LogP contribution in [0.4, 0.5) is 4.79 Å². The number of carbonyl (C=O) groups excluding carboxylic acids is 2. The number of hydrogen-bond acceptors (Lipinski definition) is 4. The Kier molecular flexibility index (Phi) is 8.51. The van der Waals surface area contributed by atoms with Gasteiger partial charge in [0.15, 0.2) is 0 Å². The van der Waals surface area contributed by atoms with Crippen LogP contribution >= 0.6 is 0 Å². The van der Waals surface area contributed by atoms with Gasteiger partial charge in [0, 0.05) is 6.42 Å². The third-order valence-corrected chi connectivity index (χ3v) is 11.8. The van der Waals surface area contributed by atoms with E-state index in [9.17, 15) is 9.59 Å². The van der Waals surface area contributed by atoms with Crippen LogP contribution in [0.15, 0.2) is 60.7 Å². The minimum Gasteiger partial charge on any atom is -0.443 e. The Bertz CT molecular complexity index is 985. The van der Waals surface area contributed by atoms with Crippen LogP contribution in [-0.2, 0) is 14.0 Å². The van der Waals surface area contributed by atoms with Gasteiger partial charge >= 0.3 is 6.09 Å². The average Bonchev–Trinajstić information content (AvgIpc) is 3.07. The van der Waals surface area contributed by atoms with Gasteiger partial charge in [-0.3, -0.25) is 4.79 Å². The van der Waals surface area contributed by atoms with E-state index < -0.39 is 20.0 Å². The third-order valence-electron chi connectivity index (χ3n) is 6.83. The average molecular weight is 510 g/mol. The largest absolute Gasteiger partial charge is 0.443 e. The minimum absolute atomic E-state index is 0.0308. The highest BCUT2D eigenvalue weighted by molar-refractivity contribution is 6.99. The highest BCUT2D eigenvalue weighted by Gasteiger charge is 2.52. The molecule has 6 heteroatoms. The van der Waals surface area contributed by atoms with E-state index in [1.165, 1.54) is 15.3 Å². The zero-order valence-corrected chi connectivity index (χ0v) is 24.2. The summed E-state index contributed by atoms with van der Waals surface area (Å²) in [6.07, 6.45) is 0.612. The lowest BCUT2D eigenvalue weighted by molar-refractivity contribution is -0.128. The van der Waals surface area contributed by atoms with Crippen LogP contribution in [-0.4, -0.2) is 43.5 Å². The van der Waals surface area contributed by atoms with E-state index in [4.69, 9.17) is 9.16 Å². The fraction of sp³-hybridized carbons (Fsp3) is 0.533. The molecule has 0 radical (unpaired) electrons. The Morgan fingerprint density at radius 1 is 0.944 bits per heavy atom. The van der Waals surface area contributed by atoms with E-state index in [-0.39, 0.29) is 29.5 Å². The Morgan fingerprint density at radius 3 is 1.86 bits per heavy atom. The van der Waals surface area contributed by atoms with Crippen molar-refractivity contribution in [3.63, 3.8) is 0 Å². The maximum atomic E-state index is 13.2. The summed E-state index contributed by atoms with van der Waals surface area (Å²) < 4.78 is 12.8. The molecular formula is C30H43NO4Si. The molecule has 1 aliphatic rings. The van der Waals surface area contributed by atoms with Crippen LogP contribution in [0.3, 0.4) is 0 Å². The zero-order chi connectivity index (χ0) is 26.7. The topological polar surface area (TPSA) is 55.8 Å². The zero-order valence-electron chi connectivity index (χ0n) is 23.2. The second kappa shape index (κ2) is 10.9. The van der Waals surface area contributed by atoms with Gasteiger partial charge in [0.25, 0.3) is 8.32 Å². The van der Waals surface area contributed by atoms with Crippen molar-refractivity contribution >= 4 is 30.7 Å². The standard InChI is InChI=1S/C30H43NO4Si/c1-22(2)19-23-20-27(32)31(28(33)35-29(3,4)5)26(23)21-34-36(30(6,7)8,24-15-11-9-12-16-24)25-17-13-10-14-18-25/h9-18,22-23,26H,19-21H2,1-8H3/t23-,26+/m1/s1. The van der Waals surface area contributed by atoms with Gasteiger partial charge in [-0.1, -0.05) is 95.3 Å². The van der Waals surface area contributed by atoms with Gasteiger partial charge in [0.2, 0.25) is 5.91 Å². The molecule has 2 aromatic carbocycles. The molecule has 0 unspecified atom stereocenters. The number of ether oxygens (including phenoxy) is 1. The van der Waals surface area contributed by atoms with E-state index in [0.717, 1.165) is 6.42 Å². The Balaban J connectivity index is 2.06. The Labute approximate surface area is 218 Å². The molecule has 2 amide bonds. The van der Waals surface area contributed by atoms with E-state index in [0.29, 0.717) is 12.3 Å². The first kappa shape index (κ1) is 28.1. The molecule has 0 spiro atoms. The predicted molar refractivity (Wildman–Crippen MR) is 148 cm³/mol. The second-order valence-corrected chi connectivity index (χ2v) is 16.7. The van der Waals surface area contributed by atoms with Crippen LogP contribution in [0.1, 0.15) is 68.2 Å². The molecule has 3 rings (SSSR count). The molecule has 5 nitrogen and oxygen atoms in total. The lowest BCUT2D eigenvalue weighted by atomic mass is 9.91. The lowest BCUT2D eigenvalue weighted by Crippen LogP contribution is -2.67. The van der Waals surface area contributed by atoms with E-state index in [2.05, 4.69) is 83.1 Å². The molecule has 1 fully saturated rings. The molecule has 1 heterocycles. The van der Waals surface area contributed by atoms with Gasteiger partial charge in [0.05, 0.1) is 12.6 Å². The second-order valence-electron chi connectivity index (χ2n) is 12.4. The van der Waals surface area contributed by atoms with Crippen molar-refractivity contribution in [2.45, 2.75) is 84.9 Å². The van der Waals surface area contributed by atoms with Gasteiger partial charge in [-0.2, -0.15) is 0 Å². The quantitative estimate of drug-likeness (QED) is 0.445. The minimum atomic E-state index is -2.81. The summed E-state index contributed by atoms with van der Waals surface area (Å²) in [7, 11) is -2.81. The van der Waals surface area contributed by atoms with Crippen molar-refractivity contribution in [2.75, 3.05) is 6.61 Å². The summed E-state index contributed by atoms with van der Waals surface area (Å²) >= 11 is 0. The van der Waals surface area contributed by atoms with Crippen molar-refractivity contribution in [3.05, 3.63) is 60.7 Å². The lowest BCUT2D eigenvalue weighted by Gasteiger charge is -2.44. The van der Waals surface area contributed by atoms with Crippen LogP contribution in [0.25, 0.3) is 0 Å². The van der Waals surface area contributed by atoms with Gasteiger partial charge in [-0.15, -0.1) is 0 Å². The van der Waals surface area contributed by atoms with Crippen LogP contribution < -0.4 is 10.4 Å². The van der Waals surface area contributed by atoms with Gasteiger partial charge in [0.1, 0.15) is 5.60 Å². The number of benzene rings is 2. The Morgan fingerprint density at radius 2 is 1.44 bits per heavy atom. The molecule has 0 aromatic heterocycles. The first-order chi connectivity index (χ1) is 16.8. The summed E-state index contributed by atoms with van der Waals surface area (Å²) in [5.41, 5.74) is -0.684. The van der Waals surface area contributed by atoms with Crippen LogP contribution in [0.5, 0.6) is 0 Å². The molecule has 36 heavy (non-hydrogen) atoms. The van der Waals surface area contributed by atoms with Gasteiger partial charge in [-0.25, -0.2) is 9.69 Å². The summed E-state index contributed by atoms with van der Waals surface area (Å²) in [5.74, 6) is 0.255. The summed E-state index contributed by atoms with van der Waals surface area (Å²) in [6.45, 7) is 16.8. The first-order valence-electron chi connectivity index (χ1n) is 13.1. The van der Waals surface area contributed by atoms with Crippen molar-refractivity contribution in [1.82, 2.24) is 4.90 Å². The van der Waals surface area contributed by atoms with E-state index >= 15 is 0 Å². The molecular weight excluding hydrogens is 466 g/mol. The van der Waals surface area contributed by atoms with Gasteiger partial charge in [-0.05, 0) is 54.4 Å². The number of amides is 2. The molecule has 0 bridgehead atoms. The summed E-state index contributed by atoms with van der Waals surface area (Å²) in [4.78, 5) is 27.7. The monoisotopic (exact) mass is 509 g/mol. The van der Waals surface area contributed by atoms with Crippen molar-refractivity contribution in [2.24, 2.45) is 11.8 Å². The van der Waals surface area contributed by atoms with Crippen molar-refractivity contribution in [1.29, 1.82) is 0 Å². The maximum absolute atomic E-state index is 13.2. The number of imide groups is 1. The number of hydrogen-bond donors (Lipinski definition) is 0. The maximum Gasteiger partial charge on any atom is 0.417 e. The predicted octanol–water partition coefficient (Wildman–Crippen LogP) is 5.76. The number of carbonyl (C=O) groups is 2. The smallest absolute Gasteiger partial charge is 0.417 e. The van der Waals surface area contributed by atoms with Crippen LogP contribution in [0.2, 0.25) is 5.04 Å². The molecule has 1 aliphatic heterocycles. The van der Waals surface area contributed by atoms with Gasteiger partial charge < -0.3 is 9.16 Å². The number of nitrogens with zero attached hydrogens (tertiary/aromatic N) is 1. The van der Waals surface area contributed by atoms with Crippen molar-refractivity contribution in [3.8, 4) is 0 Å². The molecule has 1 saturated heterocycles. The first-order valence-corrected chi connectivity index (χ1v) is 15.0.